The summed E-state index contributed by atoms with van der Waals surface area (Å²) in [6.45, 7) is 3.43. The van der Waals surface area contributed by atoms with Crippen LogP contribution in [0.2, 0.25) is 0 Å². The molecular weight excluding hydrogens is 308 g/mol. The molecule has 0 aliphatic carbocycles. The van der Waals surface area contributed by atoms with Gasteiger partial charge in [-0.05, 0) is 37.6 Å². The van der Waals surface area contributed by atoms with Crippen molar-refractivity contribution in [2.45, 2.75) is 13.8 Å². The minimum atomic E-state index is -1.13. The topological polar surface area (TPSA) is 108 Å². The van der Waals surface area contributed by atoms with Crippen LogP contribution in [-0.2, 0) is 14.3 Å². The lowest BCUT2D eigenvalue weighted by molar-refractivity contribution is -0.131. The zero-order chi connectivity index (χ0) is 17.2. The highest BCUT2D eigenvalue weighted by atomic mass is 16.7. The van der Waals surface area contributed by atoms with Crippen molar-refractivity contribution in [3.63, 3.8) is 0 Å². The van der Waals surface area contributed by atoms with Gasteiger partial charge in [-0.2, -0.15) is 0 Å². The lowest BCUT2D eigenvalue weighted by atomic mass is 10.2. The van der Waals surface area contributed by atoms with Gasteiger partial charge in [-0.3, -0.25) is 0 Å². The molecule has 1 aromatic rings. The summed E-state index contributed by atoms with van der Waals surface area (Å²) in [7, 11) is 0. The molecule has 1 rings (SSSR count). The van der Waals surface area contributed by atoms with E-state index in [1.807, 2.05) is 0 Å². The van der Waals surface area contributed by atoms with Gasteiger partial charge in [-0.15, -0.1) is 0 Å². The Bertz CT molecular complexity index is 605. The highest BCUT2D eigenvalue weighted by Crippen LogP contribution is 2.29. The summed E-state index contributed by atoms with van der Waals surface area (Å²) in [6.07, 6.45) is 0.250. The molecule has 1 aromatic carbocycles. The largest absolute Gasteiger partial charge is 0.513 e. The third-order valence-corrected chi connectivity index (χ3v) is 2.30. The molecule has 0 heterocycles. The minimum Gasteiger partial charge on any atom is -0.478 e. The maximum absolute atomic E-state index is 11.4. The molecule has 0 aromatic heterocycles. The number of carbonyl (C=O) groups excluding carboxylic acids is 2. The van der Waals surface area contributed by atoms with Crippen LogP contribution in [0.15, 0.2) is 24.3 Å². The molecule has 0 fully saturated rings. The van der Waals surface area contributed by atoms with E-state index in [-0.39, 0.29) is 24.7 Å². The van der Waals surface area contributed by atoms with E-state index in [0.717, 1.165) is 6.08 Å². The number of aliphatic carboxylic acids is 1. The molecule has 23 heavy (non-hydrogen) atoms. The van der Waals surface area contributed by atoms with Crippen molar-refractivity contribution in [1.29, 1.82) is 0 Å². The van der Waals surface area contributed by atoms with E-state index in [2.05, 4.69) is 9.47 Å². The average Bonchev–Trinajstić information content (AvgIpc) is 2.48. The summed E-state index contributed by atoms with van der Waals surface area (Å²) in [5, 5.41) is 8.61. The van der Waals surface area contributed by atoms with Gasteiger partial charge in [-0.25, -0.2) is 14.4 Å². The fraction of sp³-hybridized carbons (Fsp3) is 0.267. The van der Waals surface area contributed by atoms with Crippen molar-refractivity contribution in [3.05, 3.63) is 29.8 Å². The second-order valence-electron chi connectivity index (χ2n) is 3.95. The molecule has 8 heteroatoms. The number of carbonyl (C=O) groups is 3. The maximum Gasteiger partial charge on any atom is 0.513 e. The Morgan fingerprint density at radius 1 is 1.00 bits per heavy atom. The van der Waals surface area contributed by atoms with E-state index in [0.29, 0.717) is 5.56 Å². The molecule has 8 nitrogen and oxygen atoms in total. The zero-order valence-corrected chi connectivity index (χ0v) is 12.6. The predicted molar refractivity (Wildman–Crippen MR) is 78.4 cm³/mol. The lowest BCUT2D eigenvalue weighted by Crippen LogP contribution is -2.14. The molecule has 0 saturated heterocycles. The van der Waals surface area contributed by atoms with Gasteiger partial charge >= 0.3 is 18.3 Å². The van der Waals surface area contributed by atoms with Crippen LogP contribution in [0.5, 0.6) is 11.5 Å². The monoisotopic (exact) mass is 324 g/mol. The fourth-order valence-electron chi connectivity index (χ4n) is 1.43. The number of hydrogen-bond acceptors (Lipinski definition) is 7. The first-order chi connectivity index (χ1) is 11.0. The minimum absolute atomic E-state index is 0.0658. The summed E-state index contributed by atoms with van der Waals surface area (Å²) >= 11 is 0. The second kappa shape index (κ2) is 9.08. The van der Waals surface area contributed by atoms with Gasteiger partial charge in [0.1, 0.15) is 0 Å². The first-order valence-electron chi connectivity index (χ1n) is 6.70. The van der Waals surface area contributed by atoms with Crippen LogP contribution in [-0.4, -0.2) is 36.6 Å². The van der Waals surface area contributed by atoms with E-state index in [1.165, 1.54) is 24.3 Å². The van der Waals surface area contributed by atoms with E-state index in [9.17, 15) is 14.4 Å². The van der Waals surface area contributed by atoms with Crippen LogP contribution < -0.4 is 9.47 Å². The van der Waals surface area contributed by atoms with Crippen LogP contribution in [0.1, 0.15) is 19.4 Å². The van der Waals surface area contributed by atoms with E-state index in [4.69, 9.17) is 14.6 Å². The molecule has 0 unspecified atom stereocenters. The summed E-state index contributed by atoms with van der Waals surface area (Å²) in [4.78, 5) is 33.3. The van der Waals surface area contributed by atoms with Gasteiger partial charge in [0.2, 0.25) is 0 Å². The maximum atomic E-state index is 11.4. The van der Waals surface area contributed by atoms with Gasteiger partial charge in [0, 0.05) is 6.08 Å². The molecule has 0 aliphatic rings. The number of rotatable bonds is 6. The number of carboxylic acids is 1. The number of carboxylic acid groups (broad SMARTS) is 1. The Hall–Kier alpha value is -3.03. The number of ether oxygens (including phenoxy) is 4. The normalized spacial score (nSPS) is 10.2. The van der Waals surface area contributed by atoms with Crippen molar-refractivity contribution in [2.75, 3.05) is 13.2 Å². The molecule has 0 spiro atoms. The molecule has 0 saturated carbocycles. The standard InChI is InChI=1S/C15H16O8/c1-3-20-14(18)22-11-7-5-10(6-8-13(16)17)9-12(11)23-15(19)21-4-2/h5-9H,3-4H2,1-2H3,(H,16,17)/b8-6+. The Kier molecular flexibility index (Phi) is 7.12. The first kappa shape index (κ1) is 18.0. The van der Waals surface area contributed by atoms with Crippen molar-refractivity contribution in [1.82, 2.24) is 0 Å². The van der Waals surface area contributed by atoms with Gasteiger partial charge in [0.15, 0.2) is 11.5 Å². The molecule has 0 radical (unpaired) electrons. The summed E-state index contributed by atoms with van der Waals surface area (Å²) in [5.41, 5.74) is 0.419. The Morgan fingerprint density at radius 2 is 1.57 bits per heavy atom. The zero-order valence-electron chi connectivity index (χ0n) is 12.6. The highest BCUT2D eigenvalue weighted by Gasteiger charge is 2.15. The predicted octanol–water partition coefficient (Wildman–Crippen LogP) is 2.86. The Labute approximate surface area is 132 Å². The van der Waals surface area contributed by atoms with Crippen molar-refractivity contribution >= 4 is 24.4 Å². The molecular formula is C15H16O8. The van der Waals surface area contributed by atoms with Crippen molar-refractivity contribution in [3.8, 4) is 11.5 Å². The second-order valence-corrected chi connectivity index (χ2v) is 3.95. The van der Waals surface area contributed by atoms with E-state index >= 15 is 0 Å². The fourth-order valence-corrected chi connectivity index (χ4v) is 1.43. The number of hydrogen-bond donors (Lipinski definition) is 1. The van der Waals surface area contributed by atoms with Crippen LogP contribution in [0.25, 0.3) is 6.08 Å². The molecule has 0 amide bonds. The molecule has 0 bridgehead atoms. The van der Waals surface area contributed by atoms with Gasteiger partial charge < -0.3 is 24.1 Å². The lowest BCUT2D eigenvalue weighted by Gasteiger charge is -2.10. The van der Waals surface area contributed by atoms with Gasteiger partial charge in [0.05, 0.1) is 13.2 Å². The summed E-state index contributed by atoms with van der Waals surface area (Å²) in [5.74, 6) is -1.31. The van der Waals surface area contributed by atoms with Crippen LogP contribution in [0, 0.1) is 0 Å². The van der Waals surface area contributed by atoms with Gasteiger partial charge in [0.25, 0.3) is 0 Å². The molecule has 124 valence electrons. The molecule has 0 atom stereocenters. The Balaban J connectivity index is 3.04. The molecule has 1 N–H and O–H groups in total. The van der Waals surface area contributed by atoms with E-state index in [1.54, 1.807) is 13.8 Å². The average molecular weight is 324 g/mol. The third-order valence-electron chi connectivity index (χ3n) is 2.30. The van der Waals surface area contributed by atoms with Crippen molar-refractivity contribution < 1.29 is 38.4 Å². The van der Waals surface area contributed by atoms with E-state index < -0.39 is 18.3 Å². The SMILES string of the molecule is CCOC(=O)Oc1ccc(/C=C/C(=O)O)cc1OC(=O)OCC. The molecule has 0 aliphatic heterocycles. The third kappa shape index (κ3) is 6.51. The number of benzene rings is 1. The summed E-state index contributed by atoms with van der Waals surface area (Å²) in [6, 6.07) is 4.14. The van der Waals surface area contributed by atoms with Crippen molar-refractivity contribution in [2.24, 2.45) is 0 Å². The van der Waals surface area contributed by atoms with Gasteiger partial charge in [-0.1, -0.05) is 6.07 Å². The highest BCUT2D eigenvalue weighted by molar-refractivity contribution is 5.85. The first-order valence-corrected chi connectivity index (χ1v) is 6.70. The van der Waals surface area contributed by atoms with Crippen LogP contribution in [0.3, 0.4) is 0 Å². The van der Waals surface area contributed by atoms with Crippen LogP contribution in [0.4, 0.5) is 9.59 Å². The Morgan fingerprint density at radius 3 is 2.09 bits per heavy atom. The smallest absolute Gasteiger partial charge is 0.478 e. The quantitative estimate of drug-likeness (QED) is 0.483. The van der Waals surface area contributed by atoms with Crippen LogP contribution >= 0.6 is 0 Å². The summed E-state index contributed by atoms with van der Waals surface area (Å²) < 4.78 is 19.1.